The Balaban J connectivity index is 2.10. The van der Waals surface area contributed by atoms with Crippen LogP contribution in [0, 0.1) is 11.7 Å². The van der Waals surface area contributed by atoms with Crippen LogP contribution in [0.1, 0.15) is 24.8 Å². The summed E-state index contributed by atoms with van der Waals surface area (Å²) in [4.78, 5) is 11.1. The first kappa shape index (κ1) is 10.6. The normalized spacial score (nSPS) is 20.9. The van der Waals surface area contributed by atoms with Crippen LogP contribution in [0.15, 0.2) is 18.2 Å². The van der Waals surface area contributed by atoms with E-state index in [9.17, 15) is 9.18 Å². The first-order valence-corrected chi connectivity index (χ1v) is 5.48. The highest BCUT2D eigenvalue weighted by Crippen LogP contribution is 2.28. The van der Waals surface area contributed by atoms with Crippen LogP contribution in [0.4, 0.5) is 4.39 Å². The third-order valence-electron chi connectivity index (χ3n) is 2.86. The Labute approximate surface area is 93.2 Å². The zero-order valence-corrected chi connectivity index (χ0v) is 9.06. The molecule has 1 nitrogen and oxygen atoms in total. The molecule has 0 amide bonds. The lowest BCUT2D eigenvalue weighted by molar-refractivity contribution is -0.117. The van der Waals surface area contributed by atoms with Gasteiger partial charge >= 0.3 is 0 Å². The number of benzene rings is 1. The summed E-state index contributed by atoms with van der Waals surface area (Å²) in [5, 5.41) is 0.593. The molecule has 0 heterocycles. The number of Topliss-reactive ketones (excluding diaryl/α,β-unsaturated/α-hetero) is 1. The molecule has 0 bridgehead atoms. The highest BCUT2D eigenvalue weighted by molar-refractivity contribution is 6.31. The Morgan fingerprint density at radius 1 is 1.47 bits per heavy atom. The largest absolute Gasteiger partial charge is 0.300 e. The van der Waals surface area contributed by atoms with Crippen molar-refractivity contribution < 1.29 is 9.18 Å². The summed E-state index contributed by atoms with van der Waals surface area (Å²) in [6.07, 6.45) is 2.90. The standard InChI is InChI=1S/C12H12ClFO/c13-12-4-2-10(14)7-9(12)5-8-1-3-11(15)6-8/h2,4,7-8H,1,3,5-6H2. The van der Waals surface area contributed by atoms with Gasteiger partial charge in [0.05, 0.1) is 0 Å². The van der Waals surface area contributed by atoms with Crippen molar-refractivity contribution in [1.82, 2.24) is 0 Å². The van der Waals surface area contributed by atoms with Crippen molar-refractivity contribution in [3.8, 4) is 0 Å². The molecule has 1 atom stereocenters. The summed E-state index contributed by atoms with van der Waals surface area (Å²) in [5.41, 5.74) is 0.816. The molecule has 1 aromatic carbocycles. The molecule has 15 heavy (non-hydrogen) atoms. The number of ketones is 1. The summed E-state index contributed by atoms with van der Waals surface area (Å²) >= 11 is 5.96. The van der Waals surface area contributed by atoms with Crippen LogP contribution in [0.3, 0.4) is 0 Å². The molecule has 3 heteroatoms. The Hall–Kier alpha value is -0.890. The van der Waals surface area contributed by atoms with Crippen molar-refractivity contribution in [3.05, 3.63) is 34.6 Å². The fraction of sp³-hybridized carbons (Fsp3) is 0.417. The van der Waals surface area contributed by atoms with Crippen molar-refractivity contribution in [2.24, 2.45) is 5.92 Å². The predicted octanol–water partition coefficient (Wildman–Crippen LogP) is 3.39. The molecular weight excluding hydrogens is 215 g/mol. The van der Waals surface area contributed by atoms with Crippen LogP contribution >= 0.6 is 11.6 Å². The van der Waals surface area contributed by atoms with Crippen molar-refractivity contribution in [3.63, 3.8) is 0 Å². The molecule has 80 valence electrons. The highest BCUT2D eigenvalue weighted by Gasteiger charge is 2.22. The third-order valence-corrected chi connectivity index (χ3v) is 3.23. The van der Waals surface area contributed by atoms with Crippen molar-refractivity contribution in [2.45, 2.75) is 25.7 Å². The van der Waals surface area contributed by atoms with Gasteiger partial charge in [0, 0.05) is 17.9 Å². The lowest BCUT2D eigenvalue weighted by Crippen LogP contribution is -2.01. The maximum absolute atomic E-state index is 13.0. The van der Waals surface area contributed by atoms with Crippen LogP contribution in [0.2, 0.25) is 5.02 Å². The number of hydrogen-bond donors (Lipinski definition) is 0. The van der Waals surface area contributed by atoms with E-state index in [1.165, 1.54) is 12.1 Å². The van der Waals surface area contributed by atoms with E-state index in [1.807, 2.05) is 0 Å². The van der Waals surface area contributed by atoms with Gasteiger partial charge in [-0.25, -0.2) is 4.39 Å². The summed E-state index contributed by atoms with van der Waals surface area (Å²) in [6.45, 7) is 0. The molecule has 0 aliphatic heterocycles. The van der Waals surface area contributed by atoms with E-state index in [-0.39, 0.29) is 5.82 Å². The van der Waals surface area contributed by atoms with E-state index < -0.39 is 0 Å². The summed E-state index contributed by atoms with van der Waals surface area (Å²) in [5.74, 6) is 0.392. The molecule has 1 fully saturated rings. The second-order valence-corrected chi connectivity index (χ2v) is 4.49. The minimum Gasteiger partial charge on any atom is -0.300 e. The maximum atomic E-state index is 13.0. The van der Waals surface area contributed by atoms with Crippen molar-refractivity contribution >= 4 is 17.4 Å². The van der Waals surface area contributed by atoms with Crippen LogP contribution in [-0.2, 0) is 11.2 Å². The first-order valence-electron chi connectivity index (χ1n) is 5.11. The summed E-state index contributed by atoms with van der Waals surface area (Å²) < 4.78 is 13.0. The van der Waals surface area contributed by atoms with E-state index in [4.69, 9.17) is 11.6 Å². The Bertz CT molecular complexity index is 389. The van der Waals surface area contributed by atoms with Gasteiger partial charge in [-0.15, -0.1) is 0 Å². The molecular formula is C12H12ClFO. The van der Waals surface area contributed by atoms with Crippen molar-refractivity contribution in [1.29, 1.82) is 0 Å². The highest BCUT2D eigenvalue weighted by atomic mass is 35.5. The fourth-order valence-corrected chi connectivity index (χ4v) is 2.27. The zero-order valence-electron chi connectivity index (χ0n) is 8.30. The van der Waals surface area contributed by atoms with Gasteiger partial charge in [-0.05, 0) is 42.5 Å². The topological polar surface area (TPSA) is 17.1 Å². The van der Waals surface area contributed by atoms with Gasteiger partial charge in [0.2, 0.25) is 0 Å². The SMILES string of the molecule is O=C1CCC(Cc2cc(F)ccc2Cl)C1. The van der Waals surface area contributed by atoms with Crippen LogP contribution < -0.4 is 0 Å². The molecule has 1 aliphatic carbocycles. The molecule has 1 unspecified atom stereocenters. The molecule has 1 aromatic rings. The quantitative estimate of drug-likeness (QED) is 0.756. The van der Waals surface area contributed by atoms with Crippen LogP contribution in [0.25, 0.3) is 0 Å². The minimum absolute atomic E-state index is 0.265. The average molecular weight is 227 g/mol. The molecule has 0 N–H and O–H groups in total. The van der Waals surface area contributed by atoms with E-state index in [1.54, 1.807) is 6.07 Å². The van der Waals surface area contributed by atoms with E-state index >= 15 is 0 Å². The monoisotopic (exact) mass is 226 g/mol. The smallest absolute Gasteiger partial charge is 0.133 e. The van der Waals surface area contributed by atoms with Crippen LogP contribution in [-0.4, -0.2) is 5.78 Å². The second-order valence-electron chi connectivity index (χ2n) is 4.09. The third kappa shape index (κ3) is 2.57. The first-order chi connectivity index (χ1) is 7.15. The molecule has 2 rings (SSSR count). The molecule has 0 saturated heterocycles. The molecule has 0 aromatic heterocycles. The van der Waals surface area contributed by atoms with Gasteiger partial charge < -0.3 is 0 Å². The summed E-state index contributed by atoms with van der Waals surface area (Å²) in [7, 11) is 0. The molecule has 1 saturated carbocycles. The van der Waals surface area contributed by atoms with Gasteiger partial charge in [0.25, 0.3) is 0 Å². The second kappa shape index (κ2) is 4.31. The number of carbonyl (C=O) groups excluding carboxylic acids is 1. The number of hydrogen-bond acceptors (Lipinski definition) is 1. The lowest BCUT2D eigenvalue weighted by atomic mass is 9.98. The van der Waals surface area contributed by atoms with Gasteiger partial charge in [-0.1, -0.05) is 11.6 Å². The van der Waals surface area contributed by atoms with E-state index in [2.05, 4.69) is 0 Å². The number of halogens is 2. The van der Waals surface area contributed by atoms with E-state index in [0.717, 1.165) is 12.0 Å². The Morgan fingerprint density at radius 2 is 2.27 bits per heavy atom. The number of rotatable bonds is 2. The van der Waals surface area contributed by atoms with E-state index in [0.29, 0.717) is 36.0 Å². The van der Waals surface area contributed by atoms with Gasteiger partial charge in [0.15, 0.2) is 0 Å². The fourth-order valence-electron chi connectivity index (χ4n) is 2.08. The minimum atomic E-state index is -0.265. The van der Waals surface area contributed by atoms with Crippen molar-refractivity contribution in [2.75, 3.05) is 0 Å². The van der Waals surface area contributed by atoms with Gasteiger partial charge in [-0.3, -0.25) is 4.79 Å². The molecule has 1 aliphatic rings. The molecule has 0 spiro atoms. The van der Waals surface area contributed by atoms with Crippen LogP contribution in [0.5, 0.6) is 0 Å². The Kier molecular flexibility index (Phi) is 3.06. The average Bonchev–Trinajstić information content (AvgIpc) is 2.58. The molecule has 0 radical (unpaired) electrons. The van der Waals surface area contributed by atoms with Gasteiger partial charge in [0.1, 0.15) is 11.6 Å². The van der Waals surface area contributed by atoms with Gasteiger partial charge in [-0.2, -0.15) is 0 Å². The predicted molar refractivity (Wildman–Crippen MR) is 57.5 cm³/mol. The number of carbonyl (C=O) groups is 1. The zero-order chi connectivity index (χ0) is 10.8. The maximum Gasteiger partial charge on any atom is 0.133 e. The lowest BCUT2D eigenvalue weighted by Gasteiger charge is -2.09. The Morgan fingerprint density at radius 3 is 2.93 bits per heavy atom. The summed E-state index contributed by atoms with van der Waals surface area (Å²) in [6, 6.07) is 4.39.